The summed E-state index contributed by atoms with van der Waals surface area (Å²) in [5.41, 5.74) is 0.795. The number of allylic oxidation sites excluding steroid dienone is 2. The summed E-state index contributed by atoms with van der Waals surface area (Å²) in [4.78, 5) is 26.5. The minimum Gasteiger partial charge on any atom is -0.480 e. The lowest BCUT2D eigenvalue weighted by Crippen LogP contribution is -2.68. The molecule has 0 aromatic rings. The zero-order chi connectivity index (χ0) is 37.7. The molecule has 0 spiro atoms. The summed E-state index contributed by atoms with van der Waals surface area (Å²) < 4.78 is 24.1. The number of hydrogen-bond donors (Lipinski definition) is 3. The summed E-state index contributed by atoms with van der Waals surface area (Å²) in [6, 6.07) is 0. The van der Waals surface area contributed by atoms with Crippen molar-refractivity contribution in [2.75, 3.05) is 37.7 Å². The standard InChI is InChI=1S/C43H70N2O6S/c1-28(2)30-12-19-43(44-22-23-45-24-26-52(50,51)27-25-45)21-20-40(6)32(35(30)43)8-9-34-39(5)15-13-31(38(3,4)33(39)14-16-41(34,40)7)29-10-17-42(18-11-29,36(46)47)37(48)49/h13,28-30,32-35,44H,8-12,14-27H2,1-7H3,(H,46,47)(H,48,49). The summed E-state index contributed by atoms with van der Waals surface area (Å²) in [6.45, 7) is 21.1. The molecule has 9 unspecified atom stereocenters. The number of sulfone groups is 1. The Morgan fingerprint density at radius 3 is 2.10 bits per heavy atom. The number of carboxylic acid groups (broad SMARTS) is 2. The summed E-state index contributed by atoms with van der Waals surface area (Å²) in [7, 11) is -2.87. The maximum Gasteiger partial charge on any atom is 0.321 e. The van der Waals surface area contributed by atoms with Crippen LogP contribution in [-0.2, 0) is 19.4 Å². The summed E-state index contributed by atoms with van der Waals surface area (Å²) in [5, 5.41) is 24.0. The van der Waals surface area contributed by atoms with Gasteiger partial charge in [0.1, 0.15) is 0 Å². The number of aliphatic carboxylic acids is 2. The second kappa shape index (κ2) is 13.1. The van der Waals surface area contributed by atoms with Crippen molar-refractivity contribution in [1.82, 2.24) is 10.2 Å². The van der Waals surface area contributed by atoms with E-state index < -0.39 is 27.2 Å². The maximum absolute atomic E-state index is 12.1. The Kier molecular flexibility index (Phi) is 9.75. The van der Waals surface area contributed by atoms with Gasteiger partial charge in [-0.1, -0.05) is 60.1 Å². The lowest BCUT2D eigenvalue weighted by atomic mass is 9.32. The lowest BCUT2D eigenvalue weighted by Gasteiger charge is -2.72. The highest BCUT2D eigenvalue weighted by atomic mass is 32.2. The van der Waals surface area contributed by atoms with Crippen molar-refractivity contribution in [3.8, 4) is 0 Å². The number of carboxylic acids is 2. The first-order chi connectivity index (χ1) is 24.3. The first-order valence-electron chi connectivity index (χ1n) is 21.1. The number of fused-ring (bicyclic) bond motifs is 7. The Labute approximate surface area is 314 Å². The molecule has 8 nitrogen and oxygen atoms in total. The van der Waals surface area contributed by atoms with Gasteiger partial charge in [0.05, 0.1) is 11.5 Å². The molecule has 0 amide bonds. The van der Waals surface area contributed by atoms with Crippen LogP contribution in [0.15, 0.2) is 11.6 Å². The Hall–Kier alpha value is -1.45. The molecule has 7 rings (SSSR count). The number of rotatable bonds is 8. The Morgan fingerprint density at radius 2 is 1.48 bits per heavy atom. The molecule has 6 aliphatic carbocycles. The van der Waals surface area contributed by atoms with Crippen molar-refractivity contribution >= 4 is 21.8 Å². The van der Waals surface area contributed by atoms with Crippen molar-refractivity contribution in [2.45, 2.75) is 137 Å². The average Bonchev–Trinajstić information content (AvgIpc) is 3.45. The van der Waals surface area contributed by atoms with Gasteiger partial charge in [-0.15, -0.1) is 0 Å². The molecule has 0 radical (unpaired) electrons. The normalized spacial score (nSPS) is 44.2. The zero-order valence-corrected chi connectivity index (χ0v) is 34.3. The first-order valence-corrected chi connectivity index (χ1v) is 22.9. The summed E-state index contributed by atoms with van der Waals surface area (Å²) >= 11 is 0. The first kappa shape index (κ1) is 38.8. The van der Waals surface area contributed by atoms with E-state index in [0.717, 1.165) is 25.4 Å². The Balaban J connectivity index is 1.11. The highest BCUT2D eigenvalue weighted by Crippen LogP contribution is 2.76. The van der Waals surface area contributed by atoms with Crippen molar-refractivity contribution in [1.29, 1.82) is 0 Å². The second-order valence-electron chi connectivity index (χ2n) is 20.8. The van der Waals surface area contributed by atoms with Gasteiger partial charge in [0.25, 0.3) is 0 Å². The van der Waals surface area contributed by atoms with Crippen LogP contribution in [0, 0.1) is 68.5 Å². The van der Waals surface area contributed by atoms with Crippen molar-refractivity contribution in [3.05, 3.63) is 11.6 Å². The fourth-order valence-corrected chi connectivity index (χ4v) is 16.7. The molecule has 3 N–H and O–H groups in total. The van der Waals surface area contributed by atoms with Gasteiger partial charge < -0.3 is 20.4 Å². The van der Waals surface area contributed by atoms with Crippen molar-refractivity contribution in [2.24, 2.45) is 68.5 Å². The van der Waals surface area contributed by atoms with Crippen molar-refractivity contribution < 1.29 is 28.2 Å². The zero-order valence-electron chi connectivity index (χ0n) is 33.4. The number of hydrogen-bond acceptors (Lipinski definition) is 6. The third-order valence-electron chi connectivity index (χ3n) is 18.4. The highest BCUT2D eigenvalue weighted by molar-refractivity contribution is 7.91. The minimum absolute atomic E-state index is 0.00156. The van der Waals surface area contributed by atoms with Gasteiger partial charge in [-0.3, -0.25) is 9.59 Å². The second-order valence-corrected chi connectivity index (χ2v) is 23.1. The van der Waals surface area contributed by atoms with Crippen LogP contribution in [0.3, 0.4) is 0 Å². The van der Waals surface area contributed by atoms with Gasteiger partial charge in [-0.05, 0) is 147 Å². The van der Waals surface area contributed by atoms with Gasteiger partial charge in [0.2, 0.25) is 0 Å². The molecule has 9 atom stereocenters. The van der Waals surface area contributed by atoms with Crippen LogP contribution in [0.2, 0.25) is 0 Å². The van der Waals surface area contributed by atoms with E-state index in [0.29, 0.717) is 67.0 Å². The predicted octanol–water partition coefficient (Wildman–Crippen LogP) is 7.68. The molecule has 9 heteroatoms. The van der Waals surface area contributed by atoms with E-state index in [1.165, 1.54) is 56.9 Å². The van der Waals surface area contributed by atoms with Gasteiger partial charge >= 0.3 is 11.9 Å². The molecule has 5 saturated carbocycles. The van der Waals surface area contributed by atoms with E-state index in [1.54, 1.807) is 0 Å². The monoisotopic (exact) mass is 742 g/mol. The van der Waals surface area contributed by atoms with Gasteiger partial charge in [-0.25, -0.2) is 8.42 Å². The minimum atomic E-state index is -2.87. The maximum atomic E-state index is 12.1. The summed E-state index contributed by atoms with van der Waals surface area (Å²) in [6.07, 6.45) is 15.6. The predicted molar refractivity (Wildman–Crippen MR) is 206 cm³/mol. The van der Waals surface area contributed by atoms with Gasteiger partial charge in [-0.2, -0.15) is 0 Å². The van der Waals surface area contributed by atoms with Crippen LogP contribution < -0.4 is 5.32 Å². The topological polar surface area (TPSA) is 124 Å². The molecule has 1 heterocycles. The fraction of sp³-hybridized carbons (Fsp3) is 0.907. The number of carbonyl (C=O) groups is 2. The quantitative estimate of drug-likeness (QED) is 0.171. The number of nitrogens with zero attached hydrogens (tertiary/aromatic N) is 1. The van der Waals surface area contributed by atoms with Gasteiger partial charge in [0.15, 0.2) is 15.3 Å². The third-order valence-corrected chi connectivity index (χ3v) is 20.0. The van der Waals surface area contributed by atoms with E-state index in [1.807, 2.05) is 0 Å². The third kappa shape index (κ3) is 5.72. The van der Waals surface area contributed by atoms with E-state index >= 15 is 0 Å². The van der Waals surface area contributed by atoms with Crippen LogP contribution in [0.5, 0.6) is 0 Å². The average molecular weight is 743 g/mol. The molecule has 6 fully saturated rings. The molecular formula is C43H70N2O6S. The van der Waals surface area contributed by atoms with E-state index in [4.69, 9.17) is 0 Å². The molecule has 52 heavy (non-hydrogen) atoms. The fourth-order valence-electron chi connectivity index (χ4n) is 15.4. The smallest absolute Gasteiger partial charge is 0.321 e. The van der Waals surface area contributed by atoms with E-state index in [9.17, 15) is 28.2 Å². The van der Waals surface area contributed by atoms with Crippen LogP contribution in [-0.4, -0.2) is 78.7 Å². The van der Waals surface area contributed by atoms with Crippen LogP contribution >= 0.6 is 0 Å². The van der Waals surface area contributed by atoms with Crippen LogP contribution in [0.25, 0.3) is 0 Å². The summed E-state index contributed by atoms with van der Waals surface area (Å²) in [5.74, 6) is 2.52. The molecule has 0 bridgehead atoms. The highest BCUT2D eigenvalue weighted by Gasteiger charge is 2.70. The van der Waals surface area contributed by atoms with E-state index in [2.05, 4.69) is 64.8 Å². The molecule has 0 aromatic heterocycles. The largest absolute Gasteiger partial charge is 0.480 e. The molecule has 7 aliphatic rings. The molecule has 0 aromatic carbocycles. The molecule has 1 aliphatic heterocycles. The van der Waals surface area contributed by atoms with Crippen molar-refractivity contribution in [3.63, 3.8) is 0 Å². The van der Waals surface area contributed by atoms with Gasteiger partial charge in [0, 0.05) is 31.7 Å². The van der Waals surface area contributed by atoms with Crippen LogP contribution in [0.4, 0.5) is 0 Å². The molecular weight excluding hydrogens is 673 g/mol. The number of nitrogens with one attached hydrogen (secondary N) is 1. The lowest BCUT2D eigenvalue weighted by molar-refractivity contribution is -0.223. The Morgan fingerprint density at radius 1 is 0.827 bits per heavy atom. The van der Waals surface area contributed by atoms with E-state index in [-0.39, 0.29) is 46.0 Å². The molecule has 294 valence electrons. The van der Waals surface area contributed by atoms with Crippen LogP contribution in [0.1, 0.15) is 132 Å². The Bertz CT molecular complexity index is 1530. The molecule has 1 saturated heterocycles. The SMILES string of the molecule is CC(C)C1CCC2(NCCN3CCS(=O)(=O)CC3)CCC3(C)C(CCC4C5(C)CC=C(C6CCC(C(=O)O)(C(=O)O)CC6)C(C)(C)C5CCC43C)C12.